The number of nitrogens with zero attached hydrogens (tertiary/aromatic N) is 2. The molecule has 1 N–H and O–H groups in total. The molecule has 0 aliphatic rings. The lowest BCUT2D eigenvalue weighted by molar-refractivity contribution is 0.580. The SMILES string of the molecule is Cc1ccc(C)c(S(=O)(=O)NCc2ccc(-n3ccnc3)cc2)c1. The molecule has 0 aliphatic carbocycles. The minimum Gasteiger partial charge on any atom is -0.306 e. The predicted molar refractivity (Wildman–Crippen MR) is 93.5 cm³/mol. The second-order valence-corrected chi connectivity index (χ2v) is 7.47. The molecule has 124 valence electrons. The van der Waals surface area contributed by atoms with E-state index in [1.807, 2.05) is 54.1 Å². The van der Waals surface area contributed by atoms with Crippen LogP contribution in [0.1, 0.15) is 16.7 Å². The van der Waals surface area contributed by atoms with Crippen LogP contribution in [0, 0.1) is 13.8 Å². The van der Waals surface area contributed by atoms with Crippen molar-refractivity contribution in [2.75, 3.05) is 0 Å². The standard InChI is InChI=1S/C18H19N3O2S/c1-14-3-4-15(2)18(11-14)24(22,23)20-12-16-5-7-17(8-6-16)21-10-9-19-13-21/h3-11,13,20H,12H2,1-2H3. The number of rotatable bonds is 5. The summed E-state index contributed by atoms with van der Waals surface area (Å²) in [5.41, 5.74) is 3.54. The van der Waals surface area contributed by atoms with Crippen LogP contribution in [0.15, 0.2) is 66.1 Å². The molecule has 0 atom stereocenters. The summed E-state index contributed by atoms with van der Waals surface area (Å²) in [7, 11) is -3.53. The Kier molecular flexibility index (Phi) is 4.51. The first-order valence-corrected chi connectivity index (χ1v) is 9.08. The van der Waals surface area contributed by atoms with Crippen molar-refractivity contribution in [3.8, 4) is 5.69 Å². The summed E-state index contributed by atoms with van der Waals surface area (Å²) >= 11 is 0. The van der Waals surface area contributed by atoms with Gasteiger partial charge in [0, 0.05) is 24.6 Å². The molecule has 24 heavy (non-hydrogen) atoms. The molecule has 0 unspecified atom stereocenters. The number of nitrogens with one attached hydrogen (secondary N) is 1. The Morgan fingerprint density at radius 3 is 2.50 bits per heavy atom. The van der Waals surface area contributed by atoms with E-state index < -0.39 is 10.0 Å². The van der Waals surface area contributed by atoms with Gasteiger partial charge < -0.3 is 4.57 Å². The summed E-state index contributed by atoms with van der Waals surface area (Å²) in [6.45, 7) is 3.93. The van der Waals surface area contributed by atoms with Crippen LogP contribution >= 0.6 is 0 Å². The van der Waals surface area contributed by atoms with Gasteiger partial charge in [0.25, 0.3) is 0 Å². The first-order valence-electron chi connectivity index (χ1n) is 7.60. The molecule has 0 amide bonds. The second kappa shape index (κ2) is 6.59. The van der Waals surface area contributed by atoms with Crippen molar-refractivity contribution < 1.29 is 8.42 Å². The molecule has 5 nitrogen and oxygen atoms in total. The van der Waals surface area contributed by atoms with Gasteiger partial charge in [-0.2, -0.15) is 0 Å². The van der Waals surface area contributed by atoms with Gasteiger partial charge in [-0.15, -0.1) is 0 Å². The lowest BCUT2D eigenvalue weighted by Crippen LogP contribution is -2.24. The molecule has 3 rings (SSSR count). The number of benzene rings is 2. The van der Waals surface area contributed by atoms with Crippen molar-refractivity contribution in [2.24, 2.45) is 0 Å². The van der Waals surface area contributed by atoms with Gasteiger partial charge in [0.2, 0.25) is 10.0 Å². The molecule has 2 aromatic carbocycles. The van der Waals surface area contributed by atoms with Crippen molar-refractivity contribution in [1.29, 1.82) is 0 Å². The van der Waals surface area contributed by atoms with Crippen LogP contribution in [0.2, 0.25) is 0 Å². The second-order valence-electron chi connectivity index (χ2n) is 5.73. The maximum absolute atomic E-state index is 12.5. The van der Waals surface area contributed by atoms with Gasteiger partial charge in [-0.3, -0.25) is 0 Å². The van der Waals surface area contributed by atoms with Gasteiger partial charge in [-0.05, 0) is 48.7 Å². The van der Waals surface area contributed by atoms with E-state index in [-0.39, 0.29) is 6.54 Å². The Morgan fingerprint density at radius 2 is 1.83 bits per heavy atom. The zero-order valence-corrected chi connectivity index (χ0v) is 14.4. The highest BCUT2D eigenvalue weighted by molar-refractivity contribution is 7.89. The minimum atomic E-state index is -3.53. The van der Waals surface area contributed by atoms with Gasteiger partial charge in [-0.25, -0.2) is 18.1 Å². The van der Waals surface area contributed by atoms with Gasteiger partial charge in [0.15, 0.2) is 0 Å². The Bertz CT molecular complexity index is 931. The van der Waals surface area contributed by atoms with Crippen molar-refractivity contribution in [2.45, 2.75) is 25.3 Å². The number of hydrogen-bond acceptors (Lipinski definition) is 3. The van der Waals surface area contributed by atoms with E-state index in [0.717, 1.165) is 22.4 Å². The monoisotopic (exact) mass is 341 g/mol. The highest BCUT2D eigenvalue weighted by Crippen LogP contribution is 2.17. The number of aromatic nitrogens is 2. The molecule has 6 heteroatoms. The smallest absolute Gasteiger partial charge is 0.241 e. The topological polar surface area (TPSA) is 64.0 Å². The van der Waals surface area contributed by atoms with Gasteiger partial charge in [0.1, 0.15) is 0 Å². The van der Waals surface area contributed by atoms with Crippen molar-refractivity contribution in [3.63, 3.8) is 0 Å². The molecule has 0 radical (unpaired) electrons. The van der Waals surface area contributed by atoms with Crippen LogP contribution in [0.3, 0.4) is 0 Å². The molecule has 0 aliphatic heterocycles. The molecule has 1 heterocycles. The average Bonchev–Trinajstić information content (AvgIpc) is 3.10. The quantitative estimate of drug-likeness (QED) is 0.776. The Morgan fingerprint density at radius 1 is 1.08 bits per heavy atom. The fourth-order valence-corrected chi connectivity index (χ4v) is 3.80. The molecule has 0 spiro atoms. The molecule has 1 aromatic heterocycles. The first-order chi connectivity index (χ1) is 11.5. The van der Waals surface area contributed by atoms with Crippen LogP contribution in [-0.2, 0) is 16.6 Å². The lowest BCUT2D eigenvalue weighted by Gasteiger charge is -2.11. The van der Waals surface area contributed by atoms with E-state index in [2.05, 4.69) is 9.71 Å². The Labute approximate surface area is 142 Å². The summed E-state index contributed by atoms with van der Waals surface area (Å²) in [4.78, 5) is 4.34. The summed E-state index contributed by atoms with van der Waals surface area (Å²) in [6.07, 6.45) is 5.29. The zero-order valence-electron chi connectivity index (χ0n) is 13.6. The third kappa shape index (κ3) is 3.55. The fourth-order valence-electron chi connectivity index (χ4n) is 2.45. The Balaban J connectivity index is 1.74. The van der Waals surface area contributed by atoms with E-state index >= 15 is 0 Å². The molecular weight excluding hydrogens is 322 g/mol. The highest BCUT2D eigenvalue weighted by Gasteiger charge is 2.16. The molecule has 0 saturated heterocycles. The fraction of sp³-hybridized carbons (Fsp3) is 0.167. The number of hydrogen-bond donors (Lipinski definition) is 1. The van der Waals surface area contributed by atoms with Gasteiger partial charge in [-0.1, -0.05) is 24.3 Å². The normalized spacial score (nSPS) is 11.6. The maximum atomic E-state index is 12.5. The van der Waals surface area contributed by atoms with Crippen LogP contribution in [-0.4, -0.2) is 18.0 Å². The third-order valence-electron chi connectivity index (χ3n) is 3.84. The van der Waals surface area contributed by atoms with Crippen molar-refractivity contribution >= 4 is 10.0 Å². The molecule has 0 fully saturated rings. The Hall–Kier alpha value is -2.44. The predicted octanol–water partition coefficient (Wildman–Crippen LogP) is 2.97. The third-order valence-corrected chi connectivity index (χ3v) is 5.38. The van der Waals surface area contributed by atoms with E-state index in [9.17, 15) is 8.42 Å². The average molecular weight is 341 g/mol. The number of sulfonamides is 1. The molecule has 3 aromatic rings. The van der Waals surface area contributed by atoms with Gasteiger partial charge >= 0.3 is 0 Å². The summed E-state index contributed by atoms with van der Waals surface area (Å²) in [5, 5.41) is 0. The first kappa shape index (κ1) is 16.4. The highest BCUT2D eigenvalue weighted by atomic mass is 32.2. The maximum Gasteiger partial charge on any atom is 0.241 e. The number of aryl methyl sites for hydroxylation is 2. The molecule has 0 saturated carbocycles. The van der Waals surface area contributed by atoms with Crippen molar-refractivity contribution in [1.82, 2.24) is 14.3 Å². The van der Waals surface area contributed by atoms with Crippen LogP contribution in [0.4, 0.5) is 0 Å². The number of imidazole rings is 1. The van der Waals surface area contributed by atoms with Gasteiger partial charge in [0.05, 0.1) is 11.2 Å². The van der Waals surface area contributed by atoms with Crippen molar-refractivity contribution in [3.05, 3.63) is 77.9 Å². The summed E-state index contributed by atoms with van der Waals surface area (Å²) < 4.78 is 29.6. The van der Waals surface area contributed by atoms with Crippen LogP contribution in [0.25, 0.3) is 5.69 Å². The minimum absolute atomic E-state index is 0.250. The van der Waals surface area contributed by atoms with E-state index in [1.54, 1.807) is 25.5 Å². The molecular formula is C18H19N3O2S. The zero-order chi connectivity index (χ0) is 17.2. The van der Waals surface area contributed by atoms with E-state index in [4.69, 9.17) is 0 Å². The molecule has 0 bridgehead atoms. The largest absolute Gasteiger partial charge is 0.306 e. The van der Waals surface area contributed by atoms with Crippen LogP contribution < -0.4 is 4.72 Å². The summed E-state index contributed by atoms with van der Waals surface area (Å²) in [6, 6.07) is 13.1. The lowest BCUT2D eigenvalue weighted by atomic mass is 10.2. The van der Waals surface area contributed by atoms with Crippen LogP contribution in [0.5, 0.6) is 0 Å². The van der Waals surface area contributed by atoms with E-state index in [1.165, 1.54) is 0 Å². The van der Waals surface area contributed by atoms with E-state index in [0.29, 0.717) is 4.90 Å². The summed E-state index contributed by atoms with van der Waals surface area (Å²) in [5.74, 6) is 0.